The monoisotopic (exact) mass is 289 g/mol. The molecule has 2 N–H and O–H groups in total. The van der Waals surface area contributed by atoms with Gasteiger partial charge in [0.2, 0.25) is 0 Å². The molecule has 1 fully saturated rings. The molecule has 0 saturated heterocycles. The number of nitrogens with two attached hydrogens (primary N) is 1. The molecule has 1 aliphatic carbocycles. The number of nitrogen functional groups attached to an aromatic ring is 1. The van der Waals surface area contributed by atoms with Crippen molar-refractivity contribution in [2.24, 2.45) is 0 Å². The molecule has 2 aromatic rings. The zero-order chi connectivity index (χ0) is 18.5. The zero-order valence-corrected chi connectivity index (χ0v) is 11.0. The molecule has 3 rings (SSSR count). The SMILES string of the molecule is [2H]c1cc([2H])c2nc(C([2H])[2H])n(C3CCC(=O)CC3=O)c(=O)c2c1N. The number of ketones is 2. The molecule has 0 spiro atoms. The number of nitrogens with zero attached hydrogens (tertiary/aromatic N) is 2. The van der Waals surface area contributed by atoms with Crippen molar-refractivity contribution in [3.63, 3.8) is 0 Å². The number of fused-ring (bicyclic) bond motifs is 1. The molecule has 1 saturated carbocycles. The predicted octanol–water partition coefficient (Wildman–Crippen LogP) is 1.15. The van der Waals surface area contributed by atoms with Gasteiger partial charge >= 0.3 is 0 Å². The van der Waals surface area contributed by atoms with Gasteiger partial charge in [-0.1, -0.05) is 6.07 Å². The number of aromatic nitrogens is 2. The Bertz CT molecular complexity index is 971. The Hall–Kier alpha value is -2.50. The predicted molar refractivity (Wildman–Crippen MR) is 78.1 cm³/mol. The normalized spacial score (nSPS) is 22.0. The molecule has 0 bridgehead atoms. The van der Waals surface area contributed by atoms with Crippen LogP contribution in [-0.2, 0) is 9.59 Å². The molecule has 21 heavy (non-hydrogen) atoms. The molecule has 1 aliphatic rings. The number of benzene rings is 1. The van der Waals surface area contributed by atoms with Crippen molar-refractivity contribution in [1.29, 1.82) is 0 Å². The van der Waals surface area contributed by atoms with E-state index in [-0.39, 0.29) is 59.5 Å². The average molecular weight is 289 g/mol. The van der Waals surface area contributed by atoms with E-state index in [4.69, 9.17) is 11.2 Å². The number of carbonyl (C=O) groups excluding carboxylic acids is 2. The minimum atomic E-state index is -1.67. The molecule has 6 heteroatoms. The first-order valence-corrected chi connectivity index (χ1v) is 6.43. The fraction of sp³-hybridized carbons (Fsp3) is 0.333. The summed E-state index contributed by atoms with van der Waals surface area (Å²) in [4.78, 5) is 40.7. The molecule has 108 valence electrons. The molecule has 1 unspecified atom stereocenters. The van der Waals surface area contributed by atoms with E-state index in [9.17, 15) is 14.4 Å². The number of carbonyl (C=O) groups is 2. The zero-order valence-electron chi connectivity index (χ0n) is 15.0. The maximum absolute atomic E-state index is 13.0. The number of anilines is 1. The first kappa shape index (κ1) is 9.44. The van der Waals surface area contributed by atoms with E-state index in [1.54, 1.807) is 0 Å². The van der Waals surface area contributed by atoms with Gasteiger partial charge in [0.05, 0.1) is 26.1 Å². The van der Waals surface area contributed by atoms with Crippen LogP contribution in [0.5, 0.6) is 0 Å². The Morgan fingerprint density at radius 3 is 2.95 bits per heavy atom. The van der Waals surface area contributed by atoms with Crippen molar-refractivity contribution in [1.82, 2.24) is 9.55 Å². The van der Waals surface area contributed by atoms with E-state index < -0.39 is 24.3 Å². The van der Waals surface area contributed by atoms with Crippen LogP contribution in [0.2, 0.25) is 0 Å². The van der Waals surface area contributed by atoms with Gasteiger partial charge in [0.1, 0.15) is 11.6 Å². The molecule has 1 aromatic heterocycles. The lowest BCUT2D eigenvalue weighted by atomic mass is 9.92. The molecule has 0 radical (unpaired) electrons. The lowest BCUT2D eigenvalue weighted by molar-refractivity contribution is -0.132. The van der Waals surface area contributed by atoms with Crippen LogP contribution in [0, 0.1) is 6.88 Å². The van der Waals surface area contributed by atoms with E-state index in [1.807, 2.05) is 0 Å². The topological polar surface area (TPSA) is 95.0 Å². The highest BCUT2D eigenvalue weighted by atomic mass is 16.2. The second-order valence-corrected chi connectivity index (χ2v) is 4.95. The Kier molecular flexibility index (Phi) is 2.16. The van der Waals surface area contributed by atoms with Gasteiger partial charge in [-0.3, -0.25) is 19.0 Å². The lowest BCUT2D eigenvalue weighted by Gasteiger charge is -2.24. The fourth-order valence-electron chi connectivity index (χ4n) is 2.59. The van der Waals surface area contributed by atoms with Gasteiger partial charge < -0.3 is 5.73 Å². The molecule has 1 heterocycles. The van der Waals surface area contributed by atoms with Crippen LogP contribution in [0.15, 0.2) is 22.9 Å². The number of aryl methyl sites for hydroxylation is 1. The molecule has 6 nitrogen and oxygen atoms in total. The van der Waals surface area contributed by atoms with Crippen molar-refractivity contribution in [3.05, 3.63) is 34.3 Å². The molecular weight excluding hydrogens is 270 g/mol. The summed E-state index contributed by atoms with van der Waals surface area (Å²) in [7, 11) is 0. The summed E-state index contributed by atoms with van der Waals surface area (Å²) in [5.74, 6) is -0.983. The smallest absolute Gasteiger partial charge is 0.264 e. The van der Waals surface area contributed by atoms with Gasteiger partial charge in [0, 0.05) is 14.8 Å². The van der Waals surface area contributed by atoms with E-state index in [0.717, 1.165) is 10.6 Å². The van der Waals surface area contributed by atoms with Crippen LogP contribution in [0.4, 0.5) is 5.69 Å². The minimum Gasteiger partial charge on any atom is -0.398 e. The van der Waals surface area contributed by atoms with E-state index >= 15 is 0 Å². The summed E-state index contributed by atoms with van der Waals surface area (Å²) in [5.41, 5.74) is 4.77. The molecular formula is C15H15N3O3. The largest absolute Gasteiger partial charge is 0.398 e. The minimum absolute atomic E-state index is 0.0820. The van der Waals surface area contributed by atoms with Crippen LogP contribution in [0.1, 0.15) is 36.6 Å². The maximum Gasteiger partial charge on any atom is 0.264 e. The van der Waals surface area contributed by atoms with Gasteiger partial charge in [-0.2, -0.15) is 0 Å². The van der Waals surface area contributed by atoms with E-state index in [0.29, 0.717) is 0 Å². The van der Waals surface area contributed by atoms with Crippen molar-refractivity contribution >= 4 is 28.2 Å². The van der Waals surface area contributed by atoms with Gasteiger partial charge in [0.15, 0.2) is 5.78 Å². The van der Waals surface area contributed by atoms with E-state index in [2.05, 4.69) is 4.98 Å². The summed E-state index contributed by atoms with van der Waals surface area (Å²) < 4.78 is 31.9. The molecule has 1 aromatic carbocycles. The summed E-state index contributed by atoms with van der Waals surface area (Å²) in [6.45, 7) is -1.67. The number of Topliss-reactive ketones (excluding diaryl/α,β-unsaturated/α-hetero) is 2. The first-order valence-electron chi connectivity index (χ1n) is 8.58. The molecule has 1 atom stereocenters. The maximum atomic E-state index is 13.0. The lowest BCUT2D eigenvalue weighted by Crippen LogP contribution is -2.36. The third-order valence-corrected chi connectivity index (χ3v) is 3.60. The van der Waals surface area contributed by atoms with Gasteiger partial charge in [0.25, 0.3) is 5.56 Å². The third-order valence-electron chi connectivity index (χ3n) is 3.60. The number of hydrogen-bond acceptors (Lipinski definition) is 5. The van der Waals surface area contributed by atoms with Crippen molar-refractivity contribution in [2.75, 3.05) is 5.73 Å². The van der Waals surface area contributed by atoms with Crippen LogP contribution in [0.25, 0.3) is 10.9 Å². The summed E-state index contributed by atoms with van der Waals surface area (Å²) in [6, 6.07) is -0.302. The van der Waals surface area contributed by atoms with Crippen LogP contribution < -0.4 is 11.3 Å². The highest BCUT2D eigenvalue weighted by molar-refractivity contribution is 6.03. The Morgan fingerprint density at radius 1 is 1.43 bits per heavy atom. The number of rotatable bonds is 1. The van der Waals surface area contributed by atoms with Crippen LogP contribution >= 0.6 is 0 Å². The highest BCUT2D eigenvalue weighted by Gasteiger charge is 2.30. The quantitative estimate of drug-likeness (QED) is 0.627. The Morgan fingerprint density at radius 2 is 2.24 bits per heavy atom. The van der Waals surface area contributed by atoms with Crippen molar-refractivity contribution in [2.45, 2.75) is 32.2 Å². The molecule has 0 amide bonds. The van der Waals surface area contributed by atoms with Crippen LogP contribution in [-0.4, -0.2) is 21.1 Å². The molecule has 0 aliphatic heterocycles. The second-order valence-electron chi connectivity index (χ2n) is 4.95. The van der Waals surface area contributed by atoms with Gasteiger partial charge in [-0.25, -0.2) is 4.98 Å². The second kappa shape index (κ2) is 4.80. The number of hydrogen-bond donors (Lipinski definition) is 1. The van der Waals surface area contributed by atoms with Gasteiger partial charge in [-0.05, 0) is 25.4 Å². The third kappa shape index (κ3) is 2.12. The van der Waals surface area contributed by atoms with Crippen molar-refractivity contribution in [3.8, 4) is 0 Å². The van der Waals surface area contributed by atoms with Crippen LogP contribution in [0.3, 0.4) is 0 Å². The Balaban J connectivity index is 2.38. The standard InChI is InChI=1S/C15H15N3O3/c1-8-17-11-4-2-3-10(16)14(11)15(21)18(8)12-6-5-9(19)7-13(12)20/h2-4,12H,5-7,16H2,1H3/i1D2,3D,4D. The van der Waals surface area contributed by atoms with E-state index in [1.165, 1.54) is 0 Å². The summed E-state index contributed by atoms with van der Waals surface area (Å²) >= 11 is 0. The first-order chi connectivity index (χ1) is 11.7. The summed E-state index contributed by atoms with van der Waals surface area (Å²) in [5, 5.41) is -0.174. The fourth-order valence-corrected chi connectivity index (χ4v) is 2.59. The van der Waals surface area contributed by atoms with Gasteiger partial charge in [-0.15, -0.1) is 0 Å². The average Bonchev–Trinajstić information content (AvgIpc) is 2.52. The highest BCUT2D eigenvalue weighted by Crippen LogP contribution is 2.24. The van der Waals surface area contributed by atoms with Crippen molar-refractivity contribution < 1.29 is 15.1 Å². The summed E-state index contributed by atoms with van der Waals surface area (Å²) in [6.07, 6.45) is -0.121. The Labute approximate surface area is 126 Å².